The van der Waals surface area contributed by atoms with Crippen molar-refractivity contribution in [3.8, 4) is 0 Å². The molecule has 2 heterocycles. The normalized spacial score (nSPS) is 32.7. The van der Waals surface area contributed by atoms with E-state index in [1.165, 1.54) is 14.1 Å². The predicted octanol–water partition coefficient (Wildman–Crippen LogP) is 0.533. The van der Waals surface area contributed by atoms with Crippen molar-refractivity contribution < 1.29 is 14.4 Å². The zero-order chi connectivity index (χ0) is 15.2. The third-order valence-electron chi connectivity index (χ3n) is 4.76. The minimum atomic E-state index is -0.750. The molecule has 2 rings (SSSR count). The lowest BCUT2D eigenvalue weighted by atomic mass is 9.74. The Balaban J connectivity index is 2.36. The van der Waals surface area contributed by atoms with Gasteiger partial charge in [0.25, 0.3) is 0 Å². The number of barbiturate groups is 1. The number of imide groups is 2. The van der Waals surface area contributed by atoms with Gasteiger partial charge in [-0.05, 0) is 31.2 Å². The highest BCUT2D eigenvalue weighted by atomic mass is 16.2. The molecular formula is C14H23N3O3. The number of nitrogens with one attached hydrogen (secondary N) is 1. The summed E-state index contributed by atoms with van der Waals surface area (Å²) < 4.78 is 0. The highest BCUT2D eigenvalue weighted by Crippen LogP contribution is 2.37. The summed E-state index contributed by atoms with van der Waals surface area (Å²) in [5, 5.41) is 3.35. The molecule has 112 valence electrons. The van der Waals surface area contributed by atoms with Gasteiger partial charge in [0.15, 0.2) is 0 Å². The van der Waals surface area contributed by atoms with Crippen LogP contribution in [0.4, 0.5) is 4.79 Å². The second kappa shape index (κ2) is 5.16. The molecule has 20 heavy (non-hydrogen) atoms. The van der Waals surface area contributed by atoms with Gasteiger partial charge in [0.2, 0.25) is 11.8 Å². The summed E-state index contributed by atoms with van der Waals surface area (Å²) in [6.07, 6.45) is 0. The lowest BCUT2D eigenvalue weighted by Gasteiger charge is -2.38. The third-order valence-corrected chi connectivity index (χ3v) is 4.76. The van der Waals surface area contributed by atoms with E-state index in [1.807, 2.05) is 6.92 Å². The maximum Gasteiger partial charge on any atom is 0.332 e. The van der Waals surface area contributed by atoms with Gasteiger partial charge in [-0.25, -0.2) is 4.79 Å². The third kappa shape index (κ3) is 2.12. The minimum Gasteiger partial charge on any atom is -0.314 e. The average molecular weight is 281 g/mol. The molecule has 3 unspecified atom stereocenters. The van der Waals surface area contributed by atoms with Crippen molar-refractivity contribution in [1.82, 2.24) is 15.1 Å². The molecule has 0 spiro atoms. The van der Waals surface area contributed by atoms with E-state index in [9.17, 15) is 14.4 Å². The quantitative estimate of drug-likeness (QED) is 0.750. The SMILES string of the molecule is CC(C)C1CNC(C)C1C1C(=O)N(C)C(=O)N(C)C1=O. The smallest absolute Gasteiger partial charge is 0.314 e. The highest BCUT2D eigenvalue weighted by Gasteiger charge is 2.52. The molecule has 2 aliphatic heterocycles. The molecule has 0 aliphatic carbocycles. The monoisotopic (exact) mass is 281 g/mol. The Morgan fingerprint density at radius 2 is 1.60 bits per heavy atom. The minimum absolute atomic E-state index is 0.0620. The molecule has 2 saturated heterocycles. The van der Waals surface area contributed by atoms with Crippen molar-refractivity contribution in [3.63, 3.8) is 0 Å². The van der Waals surface area contributed by atoms with E-state index in [1.54, 1.807) is 0 Å². The highest BCUT2D eigenvalue weighted by molar-refractivity contribution is 6.16. The topological polar surface area (TPSA) is 69.7 Å². The molecule has 0 aromatic heterocycles. The lowest BCUT2D eigenvalue weighted by molar-refractivity contribution is -0.151. The van der Waals surface area contributed by atoms with Gasteiger partial charge in [-0.3, -0.25) is 19.4 Å². The van der Waals surface area contributed by atoms with Gasteiger partial charge in [0.05, 0.1) is 0 Å². The lowest BCUT2D eigenvalue weighted by Crippen LogP contribution is -2.60. The summed E-state index contributed by atoms with van der Waals surface area (Å²) in [5.74, 6) is -0.911. The Hall–Kier alpha value is -1.43. The van der Waals surface area contributed by atoms with Gasteiger partial charge in [-0.1, -0.05) is 13.8 Å². The summed E-state index contributed by atoms with van der Waals surface area (Å²) >= 11 is 0. The van der Waals surface area contributed by atoms with Crippen LogP contribution < -0.4 is 5.32 Å². The van der Waals surface area contributed by atoms with Gasteiger partial charge < -0.3 is 5.32 Å². The van der Waals surface area contributed by atoms with Crippen LogP contribution in [0.5, 0.6) is 0 Å². The Labute approximate surface area is 119 Å². The van der Waals surface area contributed by atoms with Crippen LogP contribution >= 0.6 is 0 Å². The second-order valence-electron chi connectivity index (χ2n) is 6.24. The number of urea groups is 1. The Bertz CT molecular complexity index is 425. The van der Waals surface area contributed by atoms with Crippen LogP contribution in [0.15, 0.2) is 0 Å². The van der Waals surface area contributed by atoms with Gasteiger partial charge in [-0.15, -0.1) is 0 Å². The number of amides is 4. The van der Waals surface area contributed by atoms with Crippen LogP contribution in [0.1, 0.15) is 20.8 Å². The molecule has 0 aromatic carbocycles. The van der Waals surface area contributed by atoms with E-state index in [0.717, 1.165) is 16.3 Å². The fourth-order valence-electron chi connectivity index (χ4n) is 3.45. The van der Waals surface area contributed by atoms with Gasteiger partial charge in [0, 0.05) is 20.1 Å². The molecule has 6 heteroatoms. The van der Waals surface area contributed by atoms with E-state index >= 15 is 0 Å². The molecule has 0 aromatic rings. The molecule has 0 bridgehead atoms. The molecule has 0 radical (unpaired) electrons. The fraction of sp³-hybridized carbons (Fsp3) is 0.786. The summed E-state index contributed by atoms with van der Waals surface area (Å²) in [5.41, 5.74) is 0. The maximum absolute atomic E-state index is 12.4. The first-order valence-corrected chi connectivity index (χ1v) is 7.09. The van der Waals surface area contributed by atoms with Gasteiger partial charge in [-0.2, -0.15) is 0 Å². The van der Waals surface area contributed by atoms with E-state index in [4.69, 9.17) is 0 Å². The van der Waals surface area contributed by atoms with E-state index in [0.29, 0.717) is 5.92 Å². The van der Waals surface area contributed by atoms with E-state index in [-0.39, 0.29) is 29.7 Å². The molecular weight excluding hydrogens is 258 g/mol. The van der Waals surface area contributed by atoms with Crippen LogP contribution in [0.25, 0.3) is 0 Å². The summed E-state index contributed by atoms with van der Waals surface area (Å²) in [6.45, 7) is 7.02. The van der Waals surface area contributed by atoms with Crippen molar-refractivity contribution in [3.05, 3.63) is 0 Å². The molecule has 2 fully saturated rings. The summed E-state index contributed by atoms with van der Waals surface area (Å²) in [4.78, 5) is 38.8. The first kappa shape index (κ1) is 15.0. The van der Waals surface area contributed by atoms with Crippen molar-refractivity contribution >= 4 is 17.8 Å². The van der Waals surface area contributed by atoms with Crippen molar-refractivity contribution in [1.29, 1.82) is 0 Å². The standard InChI is InChI=1S/C14H23N3O3/c1-7(2)9-6-15-8(3)10(9)11-12(18)16(4)14(20)17(5)13(11)19/h7-11,15H,6H2,1-5H3. The largest absolute Gasteiger partial charge is 0.332 e. The van der Waals surface area contributed by atoms with Gasteiger partial charge in [0.1, 0.15) is 5.92 Å². The number of nitrogens with zero attached hydrogens (tertiary/aromatic N) is 2. The number of rotatable bonds is 2. The first-order valence-electron chi connectivity index (χ1n) is 7.09. The second-order valence-corrected chi connectivity index (χ2v) is 6.24. The molecule has 4 amide bonds. The van der Waals surface area contributed by atoms with Crippen molar-refractivity contribution in [2.75, 3.05) is 20.6 Å². The Morgan fingerprint density at radius 3 is 2.05 bits per heavy atom. The van der Waals surface area contributed by atoms with Crippen molar-refractivity contribution in [2.24, 2.45) is 23.7 Å². The number of hydrogen-bond acceptors (Lipinski definition) is 4. The molecule has 0 saturated carbocycles. The molecule has 2 aliphatic rings. The average Bonchev–Trinajstić information content (AvgIpc) is 2.77. The Kier molecular flexibility index (Phi) is 3.86. The molecule has 1 N–H and O–H groups in total. The molecule has 3 atom stereocenters. The van der Waals surface area contributed by atoms with Crippen LogP contribution in [-0.4, -0.2) is 54.3 Å². The number of carbonyl (C=O) groups excluding carboxylic acids is 3. The summed E-state index contributed by atoms with van der Waals surface area (Å²) in [6, 6.07) is -0.453. The predicted molar refractivity (Wildman–Crippen MR) is 73.7 cm³/mol. The maximum atomic E-state index is 12.4. The van der Waals surface area contributed by atoms with Crippen LogP contribution in [0, 0.1) is 23.7 Å². The number of hydrogen-bond donors (Lipinski definition) is 1. The zero-order valence-electron chi connectivity index (χ0n) is 12.7. The van der Waals surface area contributed by atoms with Crippen LogP contribution in [-0.2, 0) is 9.59 Å². The van der Waals surface area contributed by atoms with E-state index < -0.39 is 11.9 Å². The first-order chi connectivity index (χ1) is 9.27. The van der Waals surface area contributed by atoms with E-state index in [2.05, 4.69) is 19.2 Å². The molecule has 6 nitrogen and oxygen atoms in total. The Morgan fingerprint density at radius 1 is 1.10 bits per heavy atom. The number of carbonyl (C=O) groups is 3. The van der Waals surface area contributed by atoms with Crippen molar-refractivity contribution in [2.45, 2.75) is 26.8 Å². The van der Waals surface area contributed by atoms with Gasteiger partial charge >= 0.3 is 6.03 Å². The fourth-order valence-corrected chi connectivity index (χ4v) is 3.45. The summed E-state index contributed by atoms with van der Waals surface area (Å²) in [7, 11) is 2.88. The van der Waals surface area contributed by atoms with Crippen LogP contribution in [0.3, 0.4) is 0 Å². The van der Waals surface area contributed by atoms with Crippen LogP contribution in [0.2, 0.25) is 0 Å². The zero-order valence-corrected chi connectivity index (χ0v) is 12.7.